The molecule has 1 aliphatic heterocycles. The van der Waals surface area contributed by atoms with Gasteiger partial charge in [0.05, 0.1) is 11.7 Å². The van der Waals surface area contributed by atoms with Crippen LogP contribution in [-0.4, -0.2) is 31.7 Å². The maximum Gasteiger partial charge on any atom is 0.228 e. The first-order chi connectivity index (χ1) is 15.5. The van der Waals surface area contributed by atoms with Crippen molar-refractivity contribution in [2.24, 2.45) is 5.92 Å². The first-order valence-corrected chi connectivity index (χ1v) is 12.3. The van der Waals surface area contributed by atoms with Gasteiger partial charge < -0.3 is 10.1 Å². The number of amides is 1. The highest BCUT2D eigenvalue weighted by Crippen LogP contribution is 2.25. The number of hydrogen-bond acceptors (Lipinski definition) is 4. The summed E-state index contributed by atoms with van der Waals surface area (Å²) < 4.78 is 32.9. The summed E-state index contributed by atoms with van der Waals surface area (Å²) in [7, 11) is -3.47. The lowest BCUT2D eigenvalue weighted by Gasteiger charge is -2.31. The number of hydrogen-bond donors (Lipinski definition) is 1. The lowest BCUT2D eigenvalue weighted by atomic mass is 9.99. The van der Waals surface area contributed by atoms with Gasteiger partial charge in [-0.15, -0.1) is 0 Å². The van der Waals surface area contributed by atoms with Crippen LogP contribution in [0, 0.1) is 5.92 Å². The maximum atomic E-state index is 12.8. The van der Waals surface area contributed by atoms with Crippen molar-refractivity contribution < 1.29 is 17.9 Å². The summed E-state index contributed by atoms with van der Waals surface area (Å²) in [6, 6.07) is 25.7. The highest BCUT2D eigenvalue weighted by Gasteiger charge is 2.32. The van der Waals surface area contributed by atoms with Crippen molar-refractivity contribution in [3.05, 3.63) is 90.5 Å². The minimum absolute atomic E-state index is 0.0505. The minimum atomic E-state index is -3.47. The molecule has 1 aliphatic rings. The molecule has 0 aliphatic carbocycles. The third-order valence-corrected chi connectivity index (χ3v) is 7.26. The van der Waals surface area contributed by atoms with Crippen molar-refractivity contribution in [1.82, 2.24) is 4.31 Å². The Balaban J connectivity index is 1.35. The Labute approximate surface area is 188 Å². The van der Waals surface area contributed by atoms with Gasteiger partial charge in [0.15, 0.2) is 0 Å². The van der Waals surface area contributed by atoms with Crippen LogP contribution in [0.25, 0.3) is 0 Å². The topological polar surface area (TPSA) is 75.7 Å². The SMILES string of the molecule is O=C(Nc1ccc(Oc2ccccc2)cc1)[C@@H]1CCCN(S(=O)(=O)Cc2ccccc2)C1. The van der Waals surface area contributed by atoms with Gasteiger partial charge in [0, 0.05) is 18.8 Å². The van der Waals surface area contributed by atoms with Crippen LogP contribution in [0.3, 0.4) is 0 Å². The molecule has 1 amide bonds. The summed E-state index contributed by atoms with van der Waals surface area (Å²) in [4.78, 5) is 12.8. The molecule has 4 rings (SSSR count). The van der Waals surface area contributed by atoms with E-state index in [1.54, 1.807) is 36.4 Å². The molecule has 0 bridgehead atoms. The van der Waals surface area contributed by atoms with E-state index in [1.165, 1.54) is 4.31 Å². The summed E-state index contributed by atoms with van der Waals surface area (Å²) in [6.45, 7) is 0.653. The molecule has 7 heteroatoms. The zero-order valence-electron chi connectivity index (χ0n) is 17.7. The Morgan fingerprint density at radius 2 is 1.53 bits per heavy atom. The number of para-hydroxylation sites is 1. The number of anilines is 1. The Morgan fingerprint density at radius 1 is 0.906 bits per heavy atom. The van der Waals surface area contributed by atoms with E-state index in [0.29, 0.717) is 30.8 Å². The fourth-order valence-electron chi connectivity index (χ4n) is 3.76. The number of carbonyl (C=O) groups is 1. The van der Waals surface area contributed by atoms with Crippen LogP contribution in [0.2, 0.25) is 0 Å². The number of piperidine rings is 1. The van der Waals surface area contributed by atoms with E-state index in [-0.39, 0.29) is 24.1 Å². The van der Waals surface area contributed by atoms with Gasteiger partial charge >= 0.3 is 0 Å². The molecule has 0 aromatic heterocycles. The lowest BCUT2D eigenvalue weighted by molar-refractivity contribution is -0.120. The second kappa shape index (κ2) is 9.97. The molecule has 0 saturated carbocycles. The Kier molecular flexibility index (Phi) is 6.87. The fourth-order valence-corrected chi connectivity index (χ4v) is 5.37. The number of nitrogens with zero attached hydrogens (tertiary/aromatic N) is 1. The first-order valence-electron chi connectivity index (χ1n) is 10.7. The summed E-state index contributed by atoms with van der Waals surface area (Å²) in [5.74, 6) is 0.814. The van der Waals surface area contributed by atoms with Crippen LogP contribution in [0.5, 0.6) is 11.5 Å². The lowest BCUT2D eigenvalue weighted by Crippen LogP contribution is -2.44. The normalized spacial score (nSPS) is 16.9. The minimum Gasteiger partial charge on any atom is -0.457 e. The van der Waals surface area contributed by atoms with Crippen molar-refractivity contribution in [1.29, 1.82) is 0 Å². The zero-order chi connectivity index (χ0) is 22.4. The summed E-state index contributed by atoms with van der Waals surface area (Å²) in [5, 5.41) is 2.91. The van der Waals surface area contributed by atoms with Gasteiger partial charge in [0.1, 0.15) is 11.5 Å². The average Bonchev–Trinajstić information content (AvgIpc) is 2.81. The van der Waals surface area contributed by atoms with Crippen molar-refractivity contribution >= 4 is 21.6 Å². The van der Waals surface area contributed by atoms with E-state index in [1.807, 2.05) is 48.5 Å². The highest BCUT2D eigenvalue weighted by molar-refractivity contribution is 7.88. The van der Waals surface area contributed by atoms with E-state index in [0.717, 1.165) is 11.3 Å². The molecule has 0 unspecified atom stereocenters. The van der Waals surface area contributed by atoms with Gasteiger partial charge in [-0.25, -0.2) is 12.7 Å². The Morgan fingerprint density at radius 3 is 2.22 bits per heavy atom. The monoisotopic (exact) mass is 450 g/mol. The third-order valence-electron chi connectivity index (χ3n) is 5.44. The van der Waals surface area contributed by atoms with E-state index < -0.39 is 10.0 Å². The zero-order valence-corrected chi connectivity index (χ0v) is 18.5. The highest BCUT2D eigenvalue weighted by atomic mass is 32.2. The molecule has 1 atom stereocenters. The van der Waals surface area contributed by atoms with Crippen LogP contribution in [0.15, 0.2) is 84.9 Å². The second-order valence-corrected chi connectivity index (χ2v) is 9.84. The summed E-state index contributed by atoms with van der Waals surface area (Å²) >= 11 is 0. The van der Waals surface area contributed by atoms with Crippen molar-refractivity contribution in [2.45, 2.75) is 18.6 Å². The molecule has 6 nitrogen and oxygen atoms in total. The van der Waals surface area contributed by atoms with Gasteiger partial charge in [-0.3, -0.25) is 4.79 Å². The van der Waals surface area contributed by atoms with Crippen LogP contribution >= 0.6 is 0 Å². The van der Waals surface area contributed by atoms with Crippen molar-refractivity contribution in [2.75, 3.05) is 18.4 Å². The number of ether oxygens (including phenoxy) is 1. The fraction of sp³-hybridized carbons (Fsp3) is 0.240. The molecule has 32 heavy (non-hydrogen) atoms. The first kappa shape index (κ1) is 22.0. The molecule has 1 heterocycles. The van der Waals surface area contributed by atoms with Crippen LogP contribution in [0.1, 0.15) is 18.4 Å². The Hall–Kier alpha value is -3.16. The maximum absolute atomic E-state index is 12.8. The smallest absolute Gasteiger partial charge is 0.228 e. The number of sulfonamides is 1. The van der Waals surface area contributed by atoms with Crippen LogP contribution in [-0.2, 0) is 20.6 Å². The molecule has 1 saturated heterocycles. The molecule has 166 valence electrons. The number of rotatable bonds is 7. The number of benzene rings is 3. The quantitative estimate of drug-likeness (QED) is 0.568. The van der Waals surface area contributed by atoms with Gasteiger partial charge in [0.25, 0.3) is 0 Å². The molecule has 0 radical (unpaired) electrons. The largest absolute Gasteiger partial charge is 0.457 e. The molecule has 1 fully saturated rings. The molecular weight excluding hydrogens is 424 g/mol. The van der Waals surface area contributed by atoms with E-state index in [9.17, 15) is 13.2 Å². The number of nitrogens with one attached hydrogen (secondary N) is 1. The van der Waals surface area contributed by atoms with Crippen LogP contribution in [0.4, 0.5) is 5.69 Å². The summed E-state index contributed by atoms with van der Waals surface area (Å²) in [5.41, 5.74) is 1.40. The predicted octanol–water partition coefficient (Wildman–Crippen LogP) is 4.66. The van der Waals surface area contributed by atoms with Crippen molar-refractivity contribution in [3.63, 3.8) is 0 Å². The van der Waals surface area contributed by atoms with E-state index in [4.69, 9.17) is 4.74 Å². The molecule has 3 aromatic rings. The van der Waals surface area contributed by atoms with E-state index in [2.05, 4.69) is 5.32 Å². The van der Waals surface area contributed by atoms with Gasteiger partial charge in [0.2, 0.25) is 15.9 Å². The predicted molar refractivity (Wildman–Crippen MR) is 125 cm³/mol. The molecule has 1 N–H and O–H groups in total. The van der Waals surface area contributed by atoms with Gasteiger partial charge in [-0.1, -0.05) is 48.5 Å². The van der Waals surface area contributed by atoms with Crippen LogP contribution < -0.4 is 10.1 Å². The Bertz CT molecular complexity index is 1130. The van der Waals surface area contributed by atoms with Crippen molar-refractivity contribution in [3.8, 4) is 11.5 Å². The van der Waals surface area contributed by atoms with Gasteiger partial charge in [-0.2, -0.15) is 0 Å². The summed E-state index contributed by atoms with van der Waals surface area (Å²) in [6.07, 6.45) is 1.33. The molecule has 3 aromatic carbocycles. The third kappa shape index (κ3) is 5.75. The van der Waals surface area contributed by atoms with Gasteiger partial charge in [-0.05, 0) is 54.8 Å². The van der Waals surface area contributed by atoms with E-state index >= 15 is 0 Å². The second-order valence-electron chi connectivity index (χ2n) is 7.87. The average molecular weight is 451 g/mol. The molecular formula is C25H26N2O4S. The standard InChI is InChI=1S/C25H26N2O4S/c28-25(26-22-13-15-24(16-14-22)31-23-11-5-2-6-12-23)21-10-7-17-27(18-21)32(29,30)19-20-8-3-1-4-9-20/h1-6,8-9,11-16,21H,7,10,17-19H2,(H,26,28)/t21-/m1/s1. The number of carbonyl (C=O) groups excluding carboxylic acids is 1. The molecule has 0 spiro atoms.